The molecule has 9 heteroatoms. The van der Waals surface area contributed by atoms with Gasteiger partial charge in [0.2, 0.25) is 10.0 Å². The molecule has 1 atom stereocenters. The summed E-state index contributed by atoms with van der Waals surface area (Å²) in [7, 11) is -3.21. The zero-order valence-corrected chi connectivity index (χ0v) is 21.9. The van der Waals surface area contributed by atoms with E-state index in [1.807, 2.05) is 18.3 Å². The average Bonchev–Trinajstić information content (AvgIpc) is 3.30. The van der Waals surface area contributed by atoms with Gasteiger partial charge in [-0.1, -0.05) is 6.92 Å². The van der Waals surface area contributed by atoms with Crippen LogP contribution in [0, 0.1) is 5.82 Å². The van der Waals surface area contributed by atoms with E-state index in [4.69, 9.17) is 5.73 Å². The van der Waals surface area contributed by atoms with Crippen molar-refractivity contribution in [3.8, 4) is 11.1 Å². The maximum Gasteiger partial charge on any atom is 0.250 e. The van der Waals surface area contributed by atoms with Crippen molar-refractivity contribution in [1.82, 2.24) is 14.6 Å². The van der Waals surface area contributed by atoms with Crippen molar-refractivity contribution in [2.24, 2.45) is 5.73 Å². The number of primary amides is 1. The third-order valence-corrected chi connectivity index (χ3v) is 9.18. The molecule has 0 radical (unpaired) electrons. The monoisotopic (exact) mass is 514 g/mol. The standard InChI is InChI=1S/C27H35FN4O3S/c1-4-17(3)30-15-18-10-20(12-22(28)11-18)21-13-23-25(16-31-26(23)24(14-21)27(29)33)19-6-8-32(9-7-19)36(34,35)5-2/h10-14,16-17,19,30-31H,4-9,15H2,1-3H3,(H2,29,33). The van der Waals surface area contributed by atoms with E-state index in [0.717, 1.165) is 22.9 Å². The molecule has 4 N–H and O–H groups in total. The first kappa shape index (κ1) is 26.3. The lowest BCUT2D eigenvalue weighted by atomic mass is 9.88. The first-order valence-corrected chi connectivity index (χ1v) is 14.2. The molecule has 1 saturated heterocycles. The van der Waals surface area contributed by atoms with Crippen molar-refractivity contribution >= 4 is 26.8 Å². The topological polar surface area (TPSA) is 108 Å². The van der Waals surface area contributed by atoms with Crippen LogP contribution in [0.5, 0.6) is 0 Å². The molecule has 7 nitrogen and oxygen atoms in total. The summed E-state index contributed by atoms with van der Waals surface area (Å²) in [5, 5.41) is 4.25. The van der Waals surface area contributed by atoms with Gasteiger partial charge in [-0.25, -0.2) is 17.1 Å². The molecule has 194 valence electrons. The zero-order chi connectivity index (χ0) is 26.0. The number of aromatic nitrogens is 1. The van der Waals surface area contributed by atoms with Crippen LogP contribution in [0.25, 0.3) is 22.0 Å². The van der Waals surface area contributed by atoms with Crippen LogP contribution in [0.15, 0.2) is 36.5 Å². The van der Waals surface area contributed by atoms with E-state index >= 15 is 0 Å². The second kappa shape index (κ2) is 10.7. The van der Waals surface area contributed by atoms with Crippen molar-refractivity contribution < 1.29 is 17.6 Å². The van der Waals surface area contributed by atoms with Crippen molar-refractivity contribution in [3.05, 3.63) is 59.0 Å². The molecule has 1 aliphatic heterocycles. The highest BCUT2D eigenvalue weighted by Crippen LogP contribution is 2.37. The molecule has 0 spiro atoms. The fourth-order valence-corrected chi connectivity index (χ4v) is 6.07. The maximum absolute atomic E-state index is 14.6. The number of amides is 1. The summed E-state index contributed by atoms with van der Waals surface area (Å²) in [6.07, 6.45) is 4.24. The normalized spacial score (nSPS) is 16.4. The fourth-order valence-electron chi connectivity index (χ4n) is 4.93. The number of carbonyl (C=O) groups excluding carboxylic acids is 1. The minimum absolute atomic E-state index is 0.0958. The van der Waals surface area contributed by atoms with E-state index < -0.39 is 15.9 Å². The smallest absolute Gasteiger partial charge is 0.250 e. The maximum atomic E-state index is 14.6. The van der Waals surface area contributed by atoms with Gasteiger partial charge in [-0.3, -0.25) is 4.79 Å². The summed E-state index contributed by atoms with van der Waals surface area (Å²) >= 11 is 0. The minimum Gasteiger partial charge on any atom is -0.366 e. The van der Waals surface area contributed by atoms with E-state index in [1.54, 1.807) is 17.3 Å². The molecule has 1 unspecified atom stereocenters. The van der Waals surface area contributed by atoms with Gasteiger partial charge in [-0.2, -0.15) is 0 Å². The molecule has 2 aromatic carbocycles. The number of hydrogen-bond acceptors (Lipinski definition) is 4. The van der Waals surface area contributed by atoms with Crippen LogP contribution in [0.2, 0.25) is 0 Å². The molecule has 3 aromatic rings. The van der Waals surface area contributed by atoms with Crippen LogP contribution in [0.3, 0.4) is 0 Å². The minimum atomic E-state index is -3.21. The van der Waals surface area contributed by atoms with E-state index in [1.165, 1.54) is 12.1 Å². The Balaban J connectivity index is 1.71. The Morgan fingerprint density at radius 1 is 1.17 bits per heavy atom. The van der Waals surface area contributed by atoms with E-state index in [0.29, 0.717) is 60.7 Å². The highest BCUT2D eigenvalue weighted by Gasteiger charge is 2.29. The quantitative estimate of drug-likeness (QED) is 0.391. The molecular weight excluding hydrogens is 479 g/mol. The number of H-pyrrole nitrogens is 1. The van der Waals surface area contributed by atoms with Gasteiger partial charge in [0, 0.05) is 37.3 Å². The molecule has 0 saturated carbocycles. The van der Waals surface area contributed by atoms with E-state index in [-0.39, 0.29) is 17.5 Å². The Bertz CT molecular complexity index is 1360. The number of nitrogens with zero attached hydrogens (tertiary/aromatic N) is 1. The van der Waals surface area contributed by atoms with Crippen LogP contribution in [-0.2, 0) is 16.6 Å². The third-order valence-electron chi connectivity index (χ3n) is 7.30. The predicted molar refractivity (Wildman–Crippen MR) is 142 cm³/mol. The van der Waals surface area contributed by atoms with Gasteiger partial charge in [0.05, 0.1) is 16.8 Å². The summed E-state index contributed by atoms with van der Waals surface area (Å²) in [6.45, 7) is 7.31. The molecular formula is C27H35FN4O3S. The summed E-state index contributed by atoms with van der Waals surface area (Å²) in [6, 6.07) is 8.93. The van der Waals surface area contributed by atoms with Gasteiger partial charge in [0.25, 0.3) is 5.91 Å². The van der Waals surface area contributed by atoms with Crippen molar-refractivity contribution in [1.29, 1.82) is 0 Å². The van der Waals surface area contributed by atoms with E-state index in [9.17, 15) is 17.6 Å². The summed E-state index contributed by atoms with van der Waals surface area (Å²) in [5.41, 5.74) is 9.98. The SMILES string of the molecule is CCC(C)NCc1cc(F)cc(-c2cc(C(N)=O)c3[nH]cc(C4CCN(S(=O)(=O)CC)CC4)c3c2)c1. The molecule has 36 heavy (non-hydrogen) atoms. The number of rotatable bonds is 9. The van der Waals surface area contributed by atoms with Crippen LogP contribution >= 0.6 is 0 Å². The molecule has 0 aliphatic carbocycles. The van der Waals surface area contributed by atoms with Gasteiger partial charge in [-0.15, -0.1) is 0 Å². The number of halogens is 1. The van der Waals surface area contributed by atoms with Crippen LogP contribution in [0.1, 0.15) is 67.4 Å². The Morgan fingerprint density at radius 2 is 1.86 bits per heavy atom. The molecule has 1 fully saturated rings. The third kappa shape index (κ3) is 5.48. The number of aromatic amines is 1. The number of nitrogens with one attached hydrogen (secondary N) is 2. The van der Waals surface area contributed by atoms with Gasteiger partial charge >= 0.3 is 0 Å². The Morgan fingerprint density at radius 3 is 2.50 bits per heavy atom. The van der Waals surface area contributed by atoms with Gasteiger partial charge in [0.15, 0.2) is 0 Å². The van der Waals surface area contributed by atoms with Crippen molar-refractivity contribution in [2.75, 3.05) is 18.8 Å². The number of nitrogens with two attached hydrogens (primary N) is 1. The largest absolute Gasteiger partial charge is 0.366 e. The van der Waals surface area contributed by atoms with Gasteiger partial charge in [-0.05, 0) is 91.6 Å². The lowest BCUT2D eigenvalue weighted by molar-refractivity contribution is 0.100. The fraction of sp³-hybridized carbons (Fsp3) is 0.444. The Hall–Kier alpha value is -2.75. The average molecular weight is 515 g/mol. The number of hydrogen-bond donors (Lipinski definition) is 3. The molecule has 1 aliphatic rings. The Labute approximate surface area is 212 Å². The summed E-state index contributed by atoms with van der Waals surface area (Å²) in [4.78, 5) is 15.6. The number of piperidine rings is 1. The molecule has 2 heterocycles. The first-order valence-electron chi connectivity index (χ1n) is 12.6. The molecule has 4 rings (SSSR count). The second-order valence-corrected chi connectivity index (χ2v) is 11.9. The van der Waals surface area contributed by atoms with Crippen molar-refractivity contribution in [2.45, 2.75) is 58.5 Å². The molecule has 1 amide bonds. The highest BCUT2D eigenvalue weighted by molar-refractivity contribution is 7.89. The number of carbonyl (C=O) groups is 1. The summed E-state index contributed by atoms with van der Waals surface area (Å²) < 4.78 is 40.7. The van der Waals surface area contributed by atoms with Gasteiger partial charge in [0.1, 0.15) is 5.82 Å². The van der Waals surface area contributed by atoms with Crippen LogP contribution in [-0.4, -0.2) is 48.5 Å². The lowest BCUT2D eigenvalue weighted by Gasteiger charge is -2.31. The predicted octanol–water partition coefficient (Wildman–Crippen LogP) is 4.49. The van der Waals surface area contributed by atoms with Gasteiger partial charge < -0.3 is 16.0 Å². The van der Waals surface area contributed by atoms with E-state index in [2.05, 4.69) is 24.1 Å². The lowest BCUT2D eigenvalue weighted by Crippen LogP contribution is -2.38. The number of fused-ring (bicyclic) bond motifs is 1. The molecule has 1 aromatic heterocycles. The second-order valence-electron chi connectivity index (χ2n) is 9.67. The highest BCUT2D eigenvalue weighted by atomic mass is 32.2. The molecule has 0 bridgehead atoms. The number of sulfonamides is 1. The van der Waals surface area contributed by atoms with Crippen LogP contribution in [0.4, 0.5) is 4.39 Å². The Kier molecular flexibility index (Phi) is 7.82. The first-order chi connectivity index (χ1) is 17.1. The summed E-state index contributed by atoms with van der Waals surface area (Å²) in [5.74, 6) is -0.665. The van der Waals surface area contributed by atoms with Crippen molar-refractivity contribution in [3.63, 3.8) is 0 Å². The number of benzene rings is 2. The zero-order valence-electron chi connectivity index (χ0n) is 21.1. The van der Waals surface area contributed by atoms with Crippen LogP contribution < -0.4 is 11.1 Å².